The van der Waals surface area contributed by atoms with Crippen LogP contribution in [0.1, 0.15) is 24.9 Å². The van der Waals surface area contributed by atoms with Gasteiger partial charge in [-0.15, -0.1) is 10.2 Å². The van der Waals surface area contributed by atoms with E-state index < -0.39 is 6.04 Å². The van der Waals surface area contributed by atoms with E-state index in [-0.39, 0.29) is 11.9 Å². The second kappa shape index (κ2) is 9.27. The molecule has 1 unspecified atom stereocenters. The number of nitrogens with one attached hydrogen (secondary N) is 1. The lowest BCUT2D eigenvalue weighted by Gasteiger charge is -2.19. The van der Waals surface area contributed by atoms with Gasteiger partial charge in [-0.2, -0.15) is 0 Å². The van der Waals surface area contributed by atoms with Crippen LogP contribution in [0.4, 0.5) is 11.6 Å². The fraction of sp³-hybridized carbons (Fsp3) is 0.250. The number of thioether (sulfide) groups is 1. The molecule has 146 valence electrons. The molecule has 0 saturated carbocycles. The van der Waals surface area contributed by atoms with Gasteiger partial charge in [0.1, 0.15) is 11.8 Å². The Balaban J connectivity index is 1.80. The maximum atomic E-state index is 13.0. The fourth-order valence-corrected chi connectivity index (χ4v) is 3.80. The minimum Gasteiger partial charge on any atom is -0.495 e. The van der Waals surface area contributed by atoms with Crippen molar-refractivity contribution in [2.24, 2.45) is 0 Å². The molecular formula is C20H23N5O2S. The second-order valence-electron chi connectivity index (χ2n) is 6.10. The molecule has 3 aromatic rings. The van der Waals surface area contributed by atoms with E-state index in [1.54, 1.807) is 23.8 Å². The highest BCUT2D eigenvalue weighted by Gasteiger charge is 2.25. The van der Waals surface area contributed by atoms with Gasteiger partial charge in [0.25, 0.3) is 0 Å². The highest BCUT2D eigenvalue weighted by Crippen LogP contribution is 2.29. The lowest BCUT2D eigenvalue weighted by molar-refractivity contribution is -0.119. The van der Waals surface area contributed by atoms with Gasteiger partial charge in [0.05, 0.1) is 12.8 Å². The van der Waals surface area contributed by atoms with Crippen molar-refractivity contribution < 1.29 is 9.53 Å². The first-order valence-corrected chi connectivity index (χ1v) is 9.93. The number of carbonyl (C=O) groups excluding carboxylic acids is 1. The smallest absolute Gasteiger partial charge is 0.247 e. The summed E-state index contributed by atoms with van der Waals surface area (Å²) in [5.41, 5.74) is 7.81. The van der Waals surface area contributed by atoms with Crippen LogP contribution in [0.3, 0.4) is 0 Å². The number of rotatable bonds is 8. The third kappa shape index (κ3) is 4.45. The maximum Gasteiger partial charge on any atom is 0.247 e. The molecule has 2 aromatic carbocycles. The normalized spacial score (nSPS) is 11.8. The van der Waals surface area contributed by atoms with E-state index in [1.165, 1.54) is 11.8 Å². The number of aromatic nitrogens is 3. The van der Waals surface area contributed by atoms with Crippen molar-refractivity contribution in [1.29, 1.82) is 0 Å². The molecule has 0 fully saturated rings. The number of nitrogens with zero attached hydrogens (tertiary/aromatic N) is 3. The molecular weight excluding hydrogens is 374 g/mol. The molecule has 1 aromatic heterocycles. The van der Waals surface area contributed by atoms with Crippen LogP contribution in [0.15, 0.2) is 59.8 Å². The Morgan fingerprint density at radius 1 is 1.18 bits per heavy atom. The lowest BCUT2D eigenvalue weighted by atomic mass is 10.2. The van der Waals surface area contributed by atoms with Crippen LogP contribution in [0, 0.1) is 0 Å². The Morgan fingerprint density at radius 2 is 1.89 bits per heavy atom. The topological polar surface area (TPSA) is 95.1 Å². The summed E-state index contributed by atoms with van der Waals surface area (Å²) in [6, 6.07) is 16.8. The lowest BCUT2D eigenvalue weighted by Crippen LogP contribution is -2.27. The minimum absolute atomic E-state index is 0.194. The molecule has 3 rings (SSSR count). The largest absolute Gasteiger partial charge is 0.495 e. The number of para-hydroxylation sites is 2. The Bertz CT molecular complexity index is 929. The molecule has 3 N–H and O–H groups in total. The van der Waals surface area contributed by atoms with Gasteiger partial charge in [0, 0.05) is 5.75 Å². The molecule has 28 heavy (non-hydrogen) atoms. The van der Waals surface area contributed by atoms with Crippen molar-refractivity contribution in [2.75, 3.05) is 18.2 Å². The number of hydrogen-bond acceptors (Lipinski definition) is 6. The van der Waals surface area contributed by atoms with Gasteiger partial charge in [-0.25, -0.2) is 0 Å². The SMILES string of the molecule is CCC(C(=O)Nc1ccccc1OC)n1c(N)nnc1SCc1ccccc1. The Kier molecular flexibility index (Phi) is 6.54. The fourth-order valence-electron chi connectivity index (χ4n) is 2.85. The van der Waals surface area contributed by atoms with Gasteiger partial charge < -0.3 is 15.8 Å². The Labute approximate surface area is 168 Å². The van der Waals surface area contributed by atoms with Crippen LogP contribution >= 0.6 is 11.8 Å². The van der Waals surface area contributed by atoms with Crippen LogP contribution in [0.5, 0.6) is 5.75 Å². The molecule has 1 heterocycles. The van der Waals surface area contributed by atoms with Gasteiger partial charge in [-0.05, 0) is 24.1 Å². The minimum atomic E-state index is -0.529. The summed E-state index contributed by atoms with van der Waals surface area (Å²) in [4.78, 5) is 13.0. The molecule has 0 aliphatic rings. The van der Waals surface area contributed by atoms with Gasteiger partial charge in [-0.1, -0.05) is 61.2 Å². The van der Waals surface area contributed by atoms with Gasteiger partial charge in [0.15, 0.2) is 5.16 Å². The van der Waals surface area contributed by atoms with Gasteiger partial charge in [-0.3, -0.25) is 9.36 Å². The highest BCUT2D eigenvalue weighted by atomic mass is 32.2. The number of hydrogen-bond donors (Lipinski definition) is 2. The van der Waals surface area contributed by atoms with Crippen molar-refractivity contribution >= 4 is 29.3 Å². The van der Waals surface area contributed by atoms with Crippen molar-refractivity contribution in [3.8, 4) is 5.75 Å². The van der Waals surface area contributed by atoms with Crippen LogP contribution in [-0.4, -0.2) is 27.8 Å². The molecule has 7 nitrogen and oxygen atoms in total. The second-order valence-corrected chi connectivity index (χ2v) is 7.04. The average Bonchev–Trinajstić information content (AvgIpc) is 3.08. The molecule has 0 saturated heterocycles. The maximum absolute atomic E-state index is 13.0. The van der Waals surface area contributed by atoms with E-state index in [9.17, 15) is 4.79 Å². The summed E-state index contributed by atoms with van der Waals surface area (Å²) in [7, 11) is 1.57. The molecule has 0 bridgehead atoms. The number of amides is 1. The third-order valence-corrected chi connectivity index (χ3v) is 5.28. The number of nitrogen functional groups attached to an aromatic ring is 1. The van der Waals surface area contributed by atoms with Crippen molar-refractivity contribution in [1.82, 2.24) is 14.8 Å². The highest BCUT2D eigenvalue weighted by molar-refractivity contribution is 7.98. The number of benzene rings is 2. The molecule has 1 atom stereocenters. The van der Waals surface area contributed by atoms with Crippen molar-refractivity contribution in [2.45, 2.75) is 30.3 Å². The predicted molar refractivity (Wildman–Crippen MR) is 111 cm³/mol. The average molecular weight is 398 g/mol. The van der Waals surface area contributed by atoms with Crippen LogP contribution in [-0.2, 0) is 10.5 Å². The molecule has 0 spiro atoms. The molecule has 1 amide bonds. The summed E-state index contributed by atoms with van der Waals surface area (Å²) in [6.45, 7) is 1.93. The van der Waals surface area contributed by atoms with Crippen LogP contribution in [0.2, 0.25) is 0 Å². The zero-order valence-electron chi connectivity index (χ0n) is 15.8. The van der Waals surface area contributed by atoms with E-state index in [0.29, 0.717) is 28.8 Å². The molecule has 0 aliphatic heterocycles. The standard InChI is InChI=1S/C20H23N5O2S/c1-3-16(18(26)22-15-11-7-8-12-17(15)27-2)25-19(21)23-24-20(25)28-13-14-9-5-4-6-10-14/h4-12,16H,3,13H2,1-2H3,(H2,21,23)(H,22,26). The predicted octanol–water partition coefficient (Wildman–Crippen LogP) is 3.75. The monoisotopic (exact) mass is 397 g/mol. The number of carbonyl (C=O) groups is 1. The summed E-state index contributed by atoms with van der Waals surface area (Å²) < 4.78 is 7.00. The summed E-state index contributed by atoms with van der Waals surface area (Å²) in [5, 5.41) is 11.7. The molecule has 8 heteroatoms. The van der Waals surface area contributed by atoms with Crippen LogP contribution in [0.25, 0.3) is 0 Å². The van der Waals surface area contributed by atoms with Gasteiger partial charge >= 0.3 is 0 Å². The number of nitrogens with two attached hydrogens (primary N) is 1. The third-order valence-electron chi connectivity index (χ3n) is 4.27. The quantitative estimate of drug-likeness (QED) is 0.562. The zero-order chi connectivity index (χ0) is 19.9. The molecule has 0 aliphatic carbocycles. The zero-order valence-corrected chi connectivity index (χ0v) is 16.6. The summed E-state index contributed by atoms with van der Waals surface area (Å²) >= 11 is 1.50. The summed E-state index contributed by atoms with van der Waals surface area (Å²) in [6.07, 6.45) is 0.544. The van der Waals surface area contributed by atoms with E-state index in [0.717, 1.165) is 5.56 Å². The van der Waals surface area contributed by atoms with E-state index in [2.05, 4.69) is 15.5 Å². The van der Waals surface area contributed by atoms with Crippen molar-refractivity contribution in [3.05, 3.63) is 60.2 Å². The first-order chi connectivity index (χ1) is 13.6. The number of methoxy groups -OCH3 is 1. The first-order valence-electron chi connectivity index (χ1n) is 8.95. The summed E-state index contributed by atoms with van der Waals surface area (Å²) in [5.74, 6) is 1.34. The molecule has 0 radical (unpaired) electrons. The number of anilines is 2. The van der Waals surface area contributed by atoms with Crippen LogP contribution < -0.4 is 15.8 Å². The van der Waals surface area contributed by atoms with E-state index >= 15 is 0 Å². The van der Waals surface area contributed by atoms with Gasteiger partial charge in [0.2, 0.25) is 11.9 Å². The van der Waals surface area contributed by atoms with E-state index in [4.69, 9.17) is 10.5 Å². The Hall–Kier alpha value is -3.00. The Morgan fingerprint density at radius 3 is 2.61 bits per heavy atom. The first kappa shape index (κ1) is 19.8. The van der Waals surface area contributed by atoms with E-state index in [1.807, 2.05) is 49.4 Å². The number of ether oxygens (including phenoxy) is 1. The van der Waals surface area contributed by atoms with Crippen molar-refractivity contribution in [3.63, 3.8) is 0 Å².